The molecule has 2 heterocycles. The van der Waals surface area contributed by atoms with Gasteiger partial charge in [-0.2, -0.15) is 0 Å². The molecule has 8 nitrogen and oxygen atoms in total. The summed E-state index contributed by atoms with van der Waals surface area (Å²) in [7, 11) is 1.77. The number of imidazole rings is 1. The van der Waals surface area contributed by atoms with Gasteiger partial charge in [-0.05, 0) is 16.8 Å². The van der Waals surface area contributed by atoms with Crippen molar-refractivity contribution in [3.8, 4) is 0 Å². The van der Waals surface area contributed by atoms with Gasteiger partial charge in [0.1, 0.15) is 0 Å². The van der Waals surface area contributed by atoms with Gasteiger partial charge in [-0.1, -0.05) is 0 Å². The molecule has 0 saturated carbocycles. The Labute approximate surface area is 96.9 Å². The zero-order valence-electron chi connectivity index (χ0n) is 9.31. The van der Waals surface area contributed by atoms with Crippen molar-refractivity contribution in [3.05, 3.63) is 24.0 Å². The minimum atomic E-state index is -1.02. The van der Waals surface area contributed by atoms with E-state index in [1.54, 1.807) is 22.5 Å². The molecule has 2 rings (SSSR count). The van der Waals surface area contributed by atoms with Gasteiger partial charge in [0.05, 0.1) is 0 Å². The lowest BCUT2D eigenvalue weighted by Gasteiger charge is -2.03. The van der Waals surface area contributed by atoms with Crippen molar-refractivity contribution in [2.45, 2.75) is 19.4 Å². The fourth-order valence-electron chi connectivity index (χ4n) is 1.55. The first-order chi connectivity index (χ1) is 8.18. The maximum atomic E-state index is 10.8. The summed E-state index contributed by atoms with van der Waals surface area (Å²) in [5.41, 5.74) is 0. The molecule has 0 spiro atoms. The highest BCUT2D eigenvalue weighted by Crippen LogP contribution is 2.02. The van der Waals surface area contributed by atoms with Crippen LogP contribution >= 0.6 is 0 Å². The van der Waals surface area contributed by atoms with Crippen LogP contribution in [0.3, 0.4) is 0 Å². The van der Waals surface area contributed by atoms with Crippen molar-refractivity contribution in [1.29, 1.82) is 0 Å². The molecule has 0 fully saturated rings. The average molecular weight is 236 g/mol. The number of rotatable bonds is 5. The van der Waals surface area contributed by atoms with E-state index in [4.69, 9.17) is 5.11 Å². The number of carbonyl (C=O) groups is 1. The molecule has 90 valence electrons. The van der Waals surface area contributed by atoms with Crippen LogP contribution in [0.2, 0.25) is 0 Å². The third-order valence-electron chi connectivity index (χ3n) is 2.41. The molecule has 0 saturated heterocycles. The maximum absolute atomic E-state index is 10.8. The Hall–Kier alpha value is -2.25. The van der Waals surface area contributed by atoms with Crippen LogP contribution in [0.1, 0.15) is 22.9 Å². The molecule has 0 aliphatic rings. The van der Waals surface area contributed by atoms with E-state index >= 15 is 0 Å². The summed E-state index contributed by atoms with van der Waals surface area (Å²) in [4.78, 5) is 14.6. The van der Waals surface area contributed by atoms with Crippen molar-refractivity contribution in [2.24, 2.45) is 7.05 Å². The lowest BCUT2D eigenvalue weighted by atomic mass is 10.3. The Kier molecular flexibility index (Phi) is 3.12. The molecule has 2 aromatic rings. The molecule has 1 N–H and O–H groups in total. The van der Waals surface area contributed by atoms with E-state index in [0.717, 1.165) is 12.2 Å². The number of hydrogen-bond donors (Lipinski definition) is 1. The molecule has 0 aliphatic carbocycles. The van der Waals surface area contributed by atoms with Crippen LogP contribution in [0.15, 0.2) is 12.4 Å². The summed E-state index contributed by atoms with van der Waals surface area (Å²) in [5.74, 6) is -0.182. The van der Waals surface area contributed by atoms with E-state index in [-0.39, 0.29) is 5.82 Å². The standard InChI is InChI=1S/C9H12N6O2/c1-14-7(11-12-13-14)3-2-5-15-6-4-10-8(15)9(16)17/h4,6H,2-3,5H2,1H3,(H,16,17). The second-order valence-electron chi connectivity index (χ2n) is 3.57. The van der Waals surface area contributed by atoms with E-state index in [1.807, 2.05) is 0 Å². The van der Waals surface area contributed by atoms with Gasteiger partial charge in [-0.15, -0.1) is 5.10 Å². The lowest BCUT2D eigenvalue weighted by molar-refractivity contribution is 0.0678. The highest BCUT2D eigenvalue weighted by Gasteiger charge is 2.10. The van der Waals surface area contributed by atoms with Crippen LogP contribution in [0.5, 0.6) is 0 Å². The van der Waals surface area contributed by atoms with E-state index in [2.05, 4.69) is 20.5 Å². The smallest absolute Gasteiger partial charge is 0.372 e. The number of tetrazole rings is 1. The molecule has 0 unspecified atom stereocenters. The van der Waals surface area contributed by atoms with E-state index in [1.165, 1.54) is 6.20 Å². The summed E-state index contributed by atoms with van der Waals surface area (Å²) in [6, 6.07) is 0. The van der Waals surface area contributed by atoms with Crippen molar-refractivity contribution in [1.82, 2.24) is 29.8 Å². The summed E-state index contributed by atoms with van der Waals surface area (Å²) in [6.45, 7) is 0.578. The number of aromatic nitrogens is 6. The molecule has 0 aliphatic heterocycles. The molecule has 8 heteroatoms. The van der Waals surface area contributed by atoms with Gasteiger partial charge in [0.25, 0.3) is 0 Å². The number of carboxylic acid groups (broad SMARTS) is 1. The van der Waals surface area contributed by atoms with Crippen LogP contribution in [-0.2, 0) is 20.0 Å². The quantitative estimate of drug-likeness (QED) is 0.767. The first kappa shape index (κ1) is 11.2. The summed E-state index contributed by atoms with van der Waals surface area (Å²) >= 11 is 0. The molecule has 0 bridgehead atoms. The highest BCUT2D eigenvalue weighted by atomic mass is 16.4. The van der Waals surface area contributed by atoms with Gasteiger partial charge in [0.15, 0.2) is 5.82 Å². The molecule has 17 heavy (non-hydrogen) atoms. The predicted octanol–water partition coefficient (Wildman–Crippen LogP) is -0.262. The fraction of sp³-hybridized carbons (Fsp3) is 0.444. The summed E-state index contributed by atoms with van der Waals surface area (Å²) < 4.78 is 3.21. The third kappa shape index (κ3) is 2.47. The van der Waals surface area contributed by atoms with E-state index < -0.39 is 5.97 Å². The van der Waals surface area contributed by atoms with Gasteiger partial charge in [-0.25, -0.2) is 14.5 Å². The molecule has 0 aromatic carbocycles. The van der Waals surface area contributed by atoms with Crippen LogP contribution in [0, 0.1) is 0 Å². The third-order valence-corrected chi connectivity index (χ3v) is 2.41. The number of carboxylic acids is 1. The van der Waals surface area contributed by atoms with Crippen LogP contribution < -0.4 is 0 Å². The normalized spacial score (nSPS) is 10.6. The Morgan fingerprint density at radius 3 is 3.00 bits per heavy atom. The minimum absolute atomic E-state index is 0.0566. The van der Waals surface area contributed by atoms with Gasteiger partial charge < -0.3 is 9.67 Å². The summed E-state index contributed by atoms with van der Waals surface area (Å²) in [5, 5.41) is 20.0. The van der Waals surface area contributed by atoms with Gasteiger partial charge in [-0.3, -0.25) is 0 Å². The molecule has 0 radical (unpaired) electrons. The van der Waals surface area contributed by atoms with Crippen molar-refractivity contribution >= 4 is 5.97 Å². The van der Waals surface area contributed by atoms with Crippen LogP contribution in [0.4, 0.5) is 0 Å². The lowest BCUT2D eigenvalue weighted by Crippen LogP contribution is -2.10. The Balaban J connectivity index is 1.92. The topological polar surface area (TPSA) is 98.7 Å². The van der Waals surface area contributed by atoms with Gasteiger partial charge in [0, 0.05) is 32.4 Å². The average Bonchev–Trinajstić information content (AvgIpc) is 2.88. The molecule has 2 aromatic heterocycles. The first-order valence-electron chi connectivity index (χ1n) is 5.14. The zero-order chi connectivity index (χ0) is 12.3. The summed E-state index contributed by atoms with van der Waals surface area (Å²) in [6.07, 6.45) is 4.58. The molecular formula is C9H12N6O2. The second-order valence-corrected chi connectivity index (χ2v) is 3.57. The molecule has 0 atom stereocenters. The maximum Gasteiger partial charge on any atom is 0.372 e. The molecular weight excluding hydrogens is 224 g/mol. The Morgan fingerprint density at radius 1 is 1.53 bits per heavy atom. The Morgan fingerprint density at radius 2 is 2.35 bits per heavy atom. The number of nitrogens with zero attached hydrogens (tertiary/aromatic N) is 6. The van der Waals surface area contributed by atoms with Gasteiger partial charge >= 0.3 is 5.97 Å². The number of aryl methyl sites for hydroxylation is 3. The molecule has 0 amide bonds. The largest absolute Gasteiger partial charge is 0.475 e. The van der Waals surface area contributed by atoms with Crippen LogP contribution in [-0.4, -0.2) is 40.8 Å². The second kappa shape index (κ2) is 4.73. The fourth-order valence-corrected chi connectivity index (χ4v) is 1.55. The van der Waals surface area contributed by atoms with E-state index in [9.17, 15) is 4.79 Å². The predicted molar refractivity (Wildman–Crippen MR) is 56.3 cm³/mol. The Bertz CT molecular complexity index is 517. The van der Waals surface area contributed by atoms with Gasteiger partial charge in [0.2, 0.25) is 5.82 Å². The monoisotopic (exact) mass is 236 g/mol. The number of aromatic carboxylic acids is 1. The zero-order valence-corrected chi connectivity index (χ0v) is 9.31. The van der Waals surface area contributed by atoms with Crippen molar-refractivity contribution in [2.75, 3.05) is 0 Å². The number of hydrogen-bond acceptors (Lipinski definition) is 5. The van der Waals surface area contributed by atoms with E-state index in [0.29, 0.717) is 13.0 Å². The van der Waals surface area contributed by atoms with Crippen molar-refractivity contribution in [3.63, 3.8) is 0 Å². The van der Waals surface area contributed by atoms with Crippen LogP contribution in [0.25, 0.3) is 0 Å². The highest BCUT2D eigenvalue weighted by molar-refractivity contribution is 5.83. The van der Waals surface area contributed by atoms with Crippen molar-refractivity contribution < 1.29 is 9.90 Å². The SMILES string of the molecule is Cn1nnnc1CCCn1ccnc1C(=O)O. The minimum Gasteiger partial charge on any atom is -0.475 e. The first-order valence-corrected chi connectivity index (χ1v) is 5.14.